The number of halogens is 8. The summed E-state index contributed by atoms with van der Waals surface area (Å²) in [6, 6.07) is 0. The fourth-order valence-corrected chi connectivity index (χ4v) is 3.04. The standard InChI is InChI=1S/C20H8F8O6/c1-32-18-13(25)9(21)7(10(22)14(18)26)5-3-4(29)6(20(31)34-5)17(30)8-11(23)15(27)19(33-2)16(28)12(8)24/h3,6H,1-2H3/t6-/m1/s1. The highest BCUT2D eigenvalue weighted by Crippen LogP contribution is 2.37. The summed E-state index contributed by atoms with van der Waals surface area (Å²) in [7, 11) is 1.34. The largest absolute Gasteiger partial charge is 0.491 e. The van der Waals surface area contributed by atoms with Crippen LogP contribution in [-0.2, 0) is 14.3 Å². The number of carbonyl (C=O) groups is 3. The van der Waals surface area contributed by atoms with Crippen molar-refractivity contribution in [1.82, 2.24) is 0 Å². The van der Waals surface area contributed by atoms with Gasteiger partial charge in [-0.15, -0.1) is 0 Å². The molecule has 0 radical (unpaired) electrons. The summed E-state index contributed by atoms with van der Waals surface area (Å²) in [4.78, 5) is 37.0. The van der Waals surface area contributed by atoms with Crippen LogP contribution in [0, 0.1) is 52.5 Å². The molecule has 0 spiro atoms. The molecule has 1 aliphatic heterocycles. The molecule has 0 unspecified atom stereocenters. The van der Waals surface area contributed by atoms with E-state index in [0.29, 0.717) is 14.2 Å². The lowest BCUT2D eigenvalue weighted by Gasteiger charge is -2.21. The number of ketones is 2. The first kappa shape index (κ1) is 24.7. The second-order valence-corrected chi connectivity index (χ2v) is 6.46. The molecule has 180 valence electrons. The molecular weight excluding hydrogens is 488 g/mol. The second kappa shape index (κ2) is 8.76. The average molecular weight is 496 g/mol. The monoisotopic (exact) mass is 496 g/mol. The molecule has 0 saturated heterocycles. The van der Waals surface area contributed by atoms with Crippen molar-refractivity contribution < 1.29 is 63.7 Å². The molecule has 2 aromatic rings. The Morgan fingerprint density at radius 1 is 0.735 bits per heavy atom. The number of carbonyl (C=O) groups excluding carboxylic acids is 3. The maximum Gasteiger partial charge on any atom is 0.330 e. The van der Waals surface area contributed by atoms with E-state index in [1.54, 1.807) is 0 Å². The molecule has 3 rings (SSSR count). The van der Waals surface area contributed by atoms with Crippen molar-refractivity contribution in [2.75, 3.05) is 14.2 Å². The van der Waals surface area contributed by atoms with Gasteiger partial charge in [-0.3, -0.25) is 14.4 Å². The lowest BCUT2D eigenvalue weighted by atomic mass is 9.90. The minimum Gasteiger partial charge on any atom is -0.491 e. The summed E-state index contributed by atoms with van der Waals surface area (Å²) >= 11 is 0. The quantitative estimate of drug-likeness (QED) is 0.206. The molecule has 1 aliphatic rings. The Kier molecular flexibility index (Phi) is 6.35. The zero-order chi connectivity index (χ0) is 25.6. The molecule has 0 N–H and O–H groups in total. The van der Waals surface area contributed by atoms with Crippen molar-refractivity contribution >= 4 is 23.3 Å². The van der Waals surface area contributed by atoms with Gasteiger partial charge in [0.2, 0.25) is 23.3 Å². The van der Waals surface area contributed by atoms with Crippen LogP contribution in [0.15, 0.2) is 6.08 Å². The molecular formula is C20H8F8O6. The number of hydrogen-bond acceptors (Lipinski definition) is 6. The summed E-state index contributed by atoms with van der Waals surface area (Å²) in [5.74, 6) is -30.4. The molecule has 0 amide bonds. The average Bonchev–Trinajstić information content (AvgIpc) is 2.77. The Bertz CT molecular complexity index is 1240. The molecule has 2 aromatic carbocycles. The minimum absolute atomic E-state index is 0.0306. The van der Waals surface area contributed by atoms with Crippen molar-refractivity contribution in [2.24, 2.45) is 5.92 Å². The van der Waals surface area contributed by atoms with Crippen molar-refractivity contribution in [3.8, 4) is 11.5 Å². The van der Waals surface area contributed by atoms with Gasteiger partial charge in [-0.1, -0.05) is 0 Å². The first-order valence-electron chi connectivity index (χ1n) is 8.70. The first-order valence-corrected chi connectivity index (χ1v) is 8.70. The van der Waals surface area contributed by atoms with Gasteiger partial charge in [0.1, 0.15) is 5.76 Å². The van der Waals surface area contributed by atoms with E-state index in [1.165, 1.54) is 0 Å². The smallest absolute Gasteiger partial charge is 0.330 e. The maximum atomic E-state index is 14.2. The summed E-state index contributed by atoms with van der Waals surface area (Å²) < 4.78 is 125. The molecule has 0 aromatic heterocycles. The van der Waals surface area contributed by atoms with Crippen molar-refractivity contribution in [1.29, 1.82) is 0 Å². The second-order valence-electron chi connectivity index (χ2n) is 6.46. The minimum atomic E-state index is -2.78. The molecule has 6 nitrogen and oxygen atoms in total. The van der Waals surface area contributed by atoms with Crippen LogP contribution in [0.4, 0.5) is 35.1 Å². The van der Waals surface area contributed by atoms with E-state index >= 15 is 0 Å². The molecule has 34 heavy (non-hydrogen) atoms. The van der Waals surface area contributed by atoms with Crippen LogP contribution in [0.3, 0.4) is 0 Å². The normalized spacial score (nSPS) is 15.7. The predicted octanol–water partition coefficient (Wildman–Crippen LogP) is 3.78. The third-order valence-corrected chi connectivity index (χ3v) is 4.61. The van der Waals surface area contributed by atoms with E-state index in [-0.39, 0.29) is 6.08 Å². The van der Waals surface area contributed by atoms with E-state index in [9.17, 15) is 49.5 Å². The summed E-state index contributed by atoms with van der Waals surface area (Å²) in [5.41, 5.74) is -3.66. The maximum absolute atomic E-state index is 14.2. The number of hydrogen-bond donors (Lipinski definition) is 0. The highest BCUT2D eigenvalue weighted by Gasteiger charge is 2.44. The summed E-state index contributed by atoms with van der Waals surface area (Å²) in [5, 5.41) is 0. The number of ether oxygens (including phenoxy) is 3. The molecule has 0 fully saturated rings. The van der Waals surface area contributed by atoms with Crippen LogP contribution in [0.25, 0.3) is 5.76 Å². The predicted molar refractivity (Wildman–Crippen MR) is 92.5 cm³/mol. The highest BCUT2D eigenvalue weighted by atomic mass is 19.2. The third kappa shape index (κ3) is 3.54. The SMILES string of the molecule is COc1c(F)c(F)c(C(=O)[C@H]2C(=O)C=C(c3c(F)c(F)c(OC)c(F)c3F)OC2=O)c(F)c1F. The summed E-state index contributed by atoms with van der Waals surface area (Å²) in [6.45, 7) is 0. The van der Waals surface area contributed by atoms with Gasteiger partial charge in [-0.25, -0.2) is 17.6 Å². The van der Waals surface area contributed by atoms with E-state index in [2.05, 4.69) is 14.2 Å². The van der Waals surface area contributed by atoms with Gasteiger partial charge in [-0.2, -0.15) is 17.6 Å². The van der Waals surface area contributed by atoms with Crippen LogP contribution in [0.5, 0.6) is 11.5 Å². The Morgan fingerprint density at radius 3 is 1.53 bits per heavy atom. The van der Waals surface area contributed by atoms with Gasteiger partial charge in [0.25, 0.3) is 0 Å². The molecule has 0 bridgehead atoms. The van der Waals surface area contributed by atoms with E-state index in [1.807, 2.05) is 0 Å². The number of allylic oxidation sites excluding steroid dienone is 1. The number of Topliss-reactive ketones (excluding diaryl/α,β-unsaturated/α-hetero) is 1. The topological polar surface area (TPSA) is 78.9 Å². The van der Waals surface area contributed by atoms with E-state index in [4.69, 9.17) is 0 Å². The Balaban J connectivity index is 2.11. The molecule has 0 saturated carbocycles. The number of benzene rings is 2. The van der Waals surface area contributed by atoms with E-state index < -0.39 is 98.4 Å². The fourth-order valence-electron chi connectivity index (χ4n) is 3.04. The van der Waals surface area contributed by atoms with Crippen LogP contribution in [0.2, 0.25) is 0 Å². The lowest BCUT2D eigenvalue weighted by Crippen LogP contribution is -2.37. The zero-order valence-electron chi connectivity index (χ0n) is 16.6. The molecule has 0 aliphatic carbocycles. The Hall–Kier alpha value is -3.97. The van der Waals surface area contributed by atoms with Crippen LogP contribution < -0.4 is 9.47 Å². The van der Waals surface area contributed by atoms with Crippen molar-refractivity contribution in [3.05, 3.63) is 63.7 Å². The number of esters is 1. The van der Waals surface area contributed by atoms with Crippen LogP contribution in [-0.4, -0.2) is 31.8 Å². The van der Waals surface area contributed by atoms with E-state index in [0.717, 1.165) is 0 Å². The Labute approximate surface area is 183 Å². The van der Waals surface area contributed by atoms with Crippen LogP contribution >= 0.6 is 0 Å². The Morgan fingerprint density at radius 2 is 1.15 bits per heavy atom. The van der Waals surface area contributed by atoms with Gasteiger partial charge in [0, 0.05) is 6.08 Å². The highest BCUT2D eigenvalue weighted by molar-refractivity contribution is 6.28. The summed E-state index contributed by atoms with van der Waals surface area (Å²) in [6.07, 6.45) is 0.0306. The third-order valence-electron chi connectivity index (χ3n) is 4.61. The van der Waals surface area contributed by atoms with Gasteiger partial charge >= 0.3 is 5.97 Å². The number of rotatable bonds is 5. The van der Waals surface area contributed by atoms with Crippen molar-refractivity contribution in [3.63, 3.8) is 0 Å². The van der Waals surface area contributed by atoms with Crippen LogP contribution in [0.1, 0.15) is 15.9 Å². The first-order chi connectivity index (χ1) is 15.9. The number of cyclic esters (lactones) is 1. The van der Waals surface area contributed by atoms with Gasteiger partial charge in [0.05, 0.1) is 25.3 Å². The van der Waals surface area contributed by atoms with Crippen molar-refractivity contribution in [2.45, 2.75) is 0 Å². The van der Waals surface area contributed by atoms with Gasteiger partial charge in [0.15, 0.2) is 52.3 Å². The molecule has 1 heterocycles. The zero-order valence-corrected chi connectivity index (χ0v) is 16.6. The lowest BCUT2D eigenvalue weighted by molar-refractivity contribution is -0.144. The molecule has 1 atom stereocenters. The van der Waals surface area contributed by atoms with Gasteiger partial charge < -0.3 is 14.2 Å². The fraction of sp³-hybridized carbons (Fsp3) is 0.150. The molecule has 14 heteroatoms. The number of methoxy groups -OCH3 is 2. The van der Waals surface area contributed by atoms with Gasteiger partial charge in [-0.05, 0) is 0 Å².